The summed E-state index contributed by atoms with van der Waals surface area (Å²) in [7, 11) is 1.67. The van der Waals surface area contributed by atoms with Crippen molar-refractivity contribution in [2.24, 2.45) is 11.3 Å². The first kappa shape index (κ1) is 10.5. The maximum Gasteiger partial charge on any atom is 0.309 e. The van der Waals surface area contributed by atoms with E-state index in [0.29, 0.717) is 0 Å². The topological polar surface area (TPSA) is 46.5 Å². The third kappa shape index (κ3) is 1.85. The molecule has 76 valence electrons. The van der Waals surface area contributed by atoms with Crippen LogP contribution >= 0.6 is 0 Å². The third-order valence-electron chi connectivity index (χ3n) is 3.23. The summed E-state index contributed by atoms with van der Waals surface area (Å²) in [4.78, 5) is 11.0. The van der Waals surface area contributed by atoms with Gasteiger partial charge < -0.3 is 9.84 Å². The lowest BCUT2D eigenvalue weighted by Crippen LogP contribution is -2.37. The lowest BCUT2D eigenvalue weighted by molar-refractivity contribution is -0.152. The van der Waals surface area contributed by atoms with E-state index < -0.39 is 11.4 Å². The van der Waals surface area contributed by atoms with Crippen molar-refractivity contribution >= 4 is 5.97 Å². The number of carboxylic acid groups (broad SMARTS) is 1. The number of hydrogen-bond donors (Lipinski definition) is 1. The van der Waals surface area contributed by atoms with Crippen molar-refractivity contribution in [3.63, 3.8) is 0 Å². The van der Waals surface area contributed by atoms with Crippen molar-refractivity contribution < 1.29 is 14.6 Å². The van der Waals surface area contributed by atoms with Crippen molar-refractivity contribution in [1.29, 1.82) is 0 Å². The molecule has 0 aromatic carbocycles. The number of hydrogen-bond acceptors (Lipinski definition) is 2. The SMILES string of the molecule is COC1CCCC1C(C)(C)C(=O)O. The van der Waals surface area contributed by atoms with Gasteiger partial charge >= 0.3 is 5.97 Å². The molecule has 2 unspecified atom stereocenters. The summed E-state index contributed by atoms with van der Waals surface area (Å²) < 4.78 is 5.30. The zero-order chi connectivity index (χ0) is 10.1. The lowest BCUT2D eigenvalue weighted by atomic mass is 9.77. The minimum absolute atomic E-state index is 0.131. The van der Waals surface area contributed by atoms with E-state index in [0.717, 1.165) is 19.3 Å². The summed E-state index contributed by atoms with van der Waals surface area (Å²) in [5.41, 5.74) is -0.656. The van der Waals surface area contributed by atoms with E-state index in [-0.39, 0.29) is 12.0 Å². The minimum atomic E-state index is -0.721. The Morgan fingerprint density at radius 3 is 2.54 bits per heavy atom. The number of rotatable bonds is 3. The molecule has 1 fully saturated rings. The van der Waals surface area contributed by atoms with Gasteiger partial charge in [-0.3, -0.25) is 4.79 Å². The number of carbonyl (C=O) groups is 1. The molecular weight excluding hydrogens is 168 g/mol. The van der Waals surface area contributed by atoms with Crippen molar-refractivity contribution in [3.05, 3.63) is 0 Å². The average molecular weight is 186 g/mol. The monoisotopic (exact) mass is 186 g/mol. The van der Waals surface area contributed by atoms with Gasteiger partial charge in [0.2, 0.25) is 0 Å². The molecule has 1 N–H and O–H groups in total. The molecule has 1 rings (SSSR count). The molecule has 1 saturated carbocycles. The van der Waals surface area contributed by atoms with Crippen LogP contribution in [0.2, 0.25) is 0 Å². The van der Waals surface area contributed by atoms with Gasteiger partial charge in [0.15, 0.2) is 0 Å². The van der Waals surface area contributed by atoms with Gasteiger partial charge in [-0.05, 0) is 26.7 Å². The molecule has 0 aromatic rings. The zero-order valence-electron chi connectivity index (χ0n) is 8.54. The molecule has 1 aliphatic rings. The summed E-state index contributed by atoms with van der Waals surface area (Å²) in [6.45, 7) is 3.58. The van der Waals surface area contributed by atoms with Crippen molar-refractivity contribution in [3.8, 4) is 0 Å². The van der Waals surface area contributed by atoms with Gasteiger partial charge in [-0.15, -0.1) is 0 Å². The fourth-order valence-corrected chi connectivity index (χ4v) is 2.19. The van der Waals surface area contributed by atoms with Crippen LogP contribution in [0.1, 0.15) is 33.1 Å². The quantitative estimate of drug-likeness (QED) is 0.732. The summed E-state index contributed by atoms with van der Waals surface area (Å²) in [6.07, 6.45) is 3.18. The van der Waals surface area contributed by atoms with Crippen LogP contribution in [0, 0.1) is 11.3 Å². The summed E-state index contributed by atoms with van der Waals surface area (Å²) in [6, 6.07) is 0. The molecule has 1 aliphatic carbocycles. The van der Waals surface area contributed by atoms with Crippen LogP contribution in [0.3, 0.4) is 0 Å². The molecule has 0 radical (unpaired) electrons. The first-order valence-electron chi connectivity index (χ1n) is 4.76. The Kier molecular flexibility index (Phi) is 2.96. The average Bonchev–Trinajstić information content (AvgIpc) is 2.51. The highest BCUT2D eigenvalue weighted by Crippen LogP contribution is 2.41. The summed E-state index contributed by atoms with van der Waals surface area (Å²) in [5, 5.41) is 9.06. The van der Waals surface area contributed by atoms with Gasteiger partial charge in [-0.1, -0.05) is 6.42 Å². The third-order valence-corrected chi connectivity index (χ3v) is 3.23. The van der Waals surface area contributed by atoms with E-state index in [1.54, 1.807) is 21.0 Å². The fourth-order valence-electron chi connectivity index (χ4n) is 2.19. The van der Waals surface area contributed by atoms with Crippen LogP contribution in [-0.2, 0) is 9.53 Å². The normalized spacial score (nSPS) is 29.2. The standard InChI is InChI=1S/C10H18O3/c1-10(2,9(11)12)7-5-4-6-8(7)13-3/h7-8H,4-6H2,1-3H3,(H,11,12). The van der Waals surface area contributed by atoms with Gasteiger partial charge in [0.05, 0.1) is 11.5 Å². The molecule has 0 saturated heterocycles. The second kappa shape index (κ2) is 3.66. The Morgan fingerprint density at radius 2 is 2.08 bits per heavy atom. The number of carboxylic acids is 1. The van der Waals surface area contributed by atoms with Crippen LogP contribution in [0.15, 0.2) is 0 Å². The molecule has 0 bridgehead atoms. The van der Waals surface area contributed by atoms with E-state index in [4.69, 9.17) is 9.84 Å². The Hall–Kier alpha value is -0.570. The van der Waals surface area contributed by atoms with Gasteiger partial charge in [-0.2, -0.15) is 0 Å². The molecule has 0 aliphatic heterocycles. The Labute approximate surface area is 79.1 Å². The molecule has 3 heteroatoms. The Balaban J connectivity index is 2.74. The molecular formula is C10H18O3. The first-order chi connectivity index (χ1) is 6.00. The second-order valence-electron chi connectivity index (χ2n) is 4.34. The van der Waals surface area contributed by atoms with Crippen LogP contribution in [0.5, 0.6) is 0 Å². The Bertz CT molecular complexity index is 198. The highest BCUT2D eigenvalue weighted by atomic mass is 16.5. The summed E-state index contributed by atoms with van der Waals surface area (Å²) >= 11 is 0. The van der Waals surface area contributed by atoms with E-state index in [2.05, 4.69) is 0 Å². The predicted molar refractivity (Wildman–Crippen MR) is 49.6 cm³/mol. The van der Waals surface area contributed by atoms with E-state index in [1.165, 1.54) is 0 Å². The predicted octanol–water partition coefficient (Wildman–Crippen LogP) is 1.91. The molecule has 0 spiro atoms. The van der Waals surface area contributed by atoms with E-state index >= 15 is 0 Å². The number of methoxy groups -OCH3 is 1. The first-order valence-corrected chi connectivity index (χ1v) is 4.76. The van der Waals surface area contributed by atoms with Crippen molar-refractivity contribution in [2.75, 3.05) is 7.11 Å². The lowest BCUT2D eigenvalue weighted by Gasteiger charge is -2.30. The van der Waals surface area contributed by atoms with Crippen molar-refractivity contribution in [2.45, 2.75) is 39.2 Å². The van der Waals surface area contributed by atoms with Crippen LogP contribution in [0.4, 0.5) is 0 Å². The van der Waals surface area contributed by atoms with Gasteiger partial charge in [0.25, 0.3) is 0 Å². The van der Waals surface area contributed by atoms with Crippen molar-refractivity contribution in [1.82, 2.24) is 0 Å². The Morgan fingerprint density at radius 1 is 1.46 bits per heavy atom. The van der Waals surface area contributed by atoms with Crippen LogP contribution in [-0.4, -0.2) is 24.3 Å². The molecule has 0 amide bonds. The van der Waals surface area contributed by atoms with Gasteiger partial charge in [0.1, 0.15) is 0 Å². The smallest absolute Gasteiger partial charge is 0.309 e. The number of ether oxygens (including phenoxy) is 1. The fraction of sp³-hybridized carbons (Fsp3) is 0.900. The largest absolute Gasteiger partial charge is 0.481 e. The molecule has 0 aromatic heterocycles. The van der Waals surface area contributed by atoms with Crippen LogP contribution in [0.25, 0.3) is 0 Å². The van der Waals surface area contributed by atoms with Gasteiger partial charge in [0, 0.05) is 13.0 Å². The van der Waals surface area contributed by atoms with E-state index in [9.17, 15) is 4.79 Å². The molecule has 13 heavy (non-hydrogen) atoms. The number of aliphatic carboxylic acids is 1. The van der Waals surface area contributed by atoms with E-state index in [1.807, 2.05) is 0 Å². The zero-order valence-corrected chi connectivity index (χ0v) is 8.54. The molecule has 2 atom stereocenters. The second-order valence-corrected chi connectivity index (χ2v) is 4.34. The maximum absolute atomic E-state index is 11.0. The molecule has 3 nitrogen and oxygen atoms in total. The van der Waals surface area contributed by atoms with Crippen LogP contribution < -0.4 is 0 Å². The highest BCUT2D eigenvalue weighted by molar-refractivity contribution is 5.74. The summed E-state index contributed by atoms with van der Waals surface area (Å²) in [5.74, 6) is -0.559. The minimum Gasteiger partial charge on any atom is -0.481 e. The molecule has 0 heterocycles. The van der Waals surface area contributed by atoms with Gasteiger partial charge in [-0.25, -0.2) is 0 Å². The highest BCUT2D eigenvalue weighted by Gasteiger charge is 2.43. The maximum atomic E-state index is 11.0.